The third kappa shape index (κ3) is 5.61. The summed E-state index contributed by atoms with van der Waals surface area (Å²) in [6, 6.07) is 0. The summed E-state index contributed by atoms with van der Waals surface area (Å²) in [5.41, 5.74) is 25.7. The number of hydrogen-bond acceptors (Lipinski definition) is 4. The lowest BCUT2D eigenvalue weighted by Gasteiger charge is -2.29. The van der Waals surface area contributed by atoms with Crippen LogP contribution in [0.3, 0.4) is 0 Å². The van der Waals surface area contributed by atoms with E-state index >= 15 is 0 Å². The van der Waals surface area contributed by atoms with Gasteiger partial charge < -0.3 is 22.9 Å². The van der Waals surface area contributed by atoms with E-state index < -0.39 is 0 Å². The van der Waals surface area contributed by atoms with Crippen LogP contribution >= 0.6 is 11.6 Å². The van der Waals surface area contributed by atoms with Crippen LogP contribution in [0.1, 0.15) is 32.6 Å². The first-order valence-electron chi connectivity index (χ1n) is 6.88. The van der Waals surface area contributed by atoms with Crippen LogP contribution < -0.4 is 22.9 Å². The summed E-state index contributed by atoms with van der Waals surface area (Å²) in [6.07, 6.45) is 11.4. The van der Waals surface area contributed by atoms with E-state index in [4.69, 9.17) is 34.5 Å². The van der Waals surface area contributed by atoms with Gasteiger partial charge in [0, 0.05) is 17.1 Å². The van der Waals surface area contributed by atoms with Gasteiger partial charge in [-0.25, -0.2) is 0 Å². The molecule has 1 rings (SSSR count). The Morgan fingerprint density at radius 3 is 1.85 bits per heavy atom. The molecule has 0 heterocycles. The van der Waals surface area contributed by atoms with Gasteiger partial charge in [-0.15, -0.1) is 0 Å². The molecule has 20 heavy (non-hydrogen) atoms. The van der Waals surface area contributed by atoms with Crippen molar-refractivity contribution in [2.24, 2.45) is 34.8 Å². The molecule has 2 unspecified atom stereocenters. The normalized spacial score (nSPS) is 26.7. The average molecular weight is 297 g/mol. The molecule has 112 valence electrons. The molecule has 0 aromatic rings. The molecule has 1 fully saturated rings. The molecule has 1 aliphatic rings. The molecule has 0 saturated heterocycles. The number of allylic oxidation sites excluding steroid dienone is 7. The van der Waals surface area contributed by atoms with Gasteiger partial charge in [-0.3, -0.25) is 0 Å². The SMILES string of the molecule is C/C(N)=C/C=C(\N)C1CCCC(/C(N)=C/C=C(\N)Cl)C1. The largest absolute Gasteiger partial charge is 0.402 e. The molecular formula is C15H25ClN4. The van der Waals surface area contributed by atoms with Crippen LogP contribution in [0.4, 0.5) is 0 Å². The van der Waals surface area contributed by atoms with Crippen LogP contribution in [0, 0.1) is 11.8 Å². The molecule has 0 amide bonds. The van der Waals surface area contributed by atoms with Crippen molar-refractivity contribution >= 4 is 11.6 Å². The molecule has 0 aromatic carbocycles. The minimum Gasteiger partial charge on any atom is -0.402 e. The molecule has 0 bridgehead atoms. The van der Waals surface area contributed by atoms with Crippen molar-refractivity contribution in [3.8, 4) is 0 Å². The van der Waals surface area contributed by atoms with Gasteiger partial charge in [-0.1, -0.05) is 18.0 Å². The molecule has 2 atom stereocenters. The third-order valence-corrected chi connectivity index (χ3v) is 3.72. The highest BCUT2D eigenvalue weighted by Gasteiger charge is 2.24. The monoisotopic (exact) mass is 296 g/mol. The molecule has 0 aliphatic heterocycles. The second-order valence-electron chi connectivity index (χ2n) is 5.36. The zero-order valence-corrected chi connectivity index (χ0v) is 12.7. The van der Waals surface area contributed by atoms with Crippen LogP contribution in [0.2, 0.25) is 0 Å². The summed E-state index contributed by atoms with van der Waals surface area (Å²) in [6.45, 7) is 1.84. The standard InChI is InChI=1S/C15H25ClN4/c1-10(17)5-6-13(18)11-3-2-4-12(9-11)14(19)7-8-15(16)20/h5-8,11-12H,2-4,9,17-20H2,1H3/b10-5-,13-6-,14-7-,15-8-. The molecule has 5 heteroatoms. The highest BCUT2D eigenvalue weighted by atomic mass is 35.5. The third-order valence-electron chi connectivity index (χ3n) is 3.59. The first-order chi connectivity index (χ1) is 9.40. The number of rotatable bonds is 4. The fraction of sp³-hybridized carbons (Fsp3) is 0.467. The lowest BCUT2D eigenvalue weighted by molar-refractivity contribution is 0.324. The van der Waals surface area contributed by atoms with Crippen molar-refractivity contribution in [2.75, 3.05) is 0 Å². The van der Waals surface area contributed by atoms with Gasteiger partial charge in [-0.05, 0) is 62.3 Å². The Balaban J connectivity index is 2.72. The maximum atomic E-state index is 6.13. The Bertz CT molecular complexity index is 401. The topological polar surface area (TPSA) is 104 Å². The van der Waals surface area contributed by atoms with Gasteiger partial charge in [0.15, 0.2) is 0 Å². The van der Waals surface area contributed by atoms with Crippen molar-refractivity contribution in [3.63, 3.8) is 0 Å². The van der Waals surface area contributed by atoms with E-state index in [1.165, 1.54) is 0 Å². The van der Waals surface area contributed by atoms with E-state index in [1.807, 2.05) is 19.1 Å². The quantitative estimate of drug-likeness (QED) is 0.472. The maximum Gasteiger partial charge on any atom is 0.0992 e. The summed E-state index contributed by atoms with van der Waals surface area (Å²) in [7, 11) is 0. The number of halogens is 1. The summed E-state index contributed by atoms with van der Waals surface area (Å²) in [5.74, 6) is 0.685. The van der Waals surface area contributed by atoms with Gasteiger partial charge in [0.25, 0.3) is 0 Å². The Morgan fingerprint density at radius 1 is 0.900 bits per heavy atom. The van der Waals surface area contributed by atoms with Crippen molar-refractivity contribution < 1.29 is 0 Å². The van der Waals surface area contributed by atoms with Crippen molar-refractivity contribution in [1.82, 2.24) is 0 Å². The van der Waals surface area contributed by atoms with Gasteiger partial charge in [0.2, 0.25) is 0 Å². The Hall–Kier alpha value is -1.55. The number of hydrogen-bond donors (Lipinski definition) is 4. The fourth-order valence-corrected chi connectivity index (χ4v) is 2.53. The van der Waals surface area contributed by atoms with Crippen molar-refractivity contribution in [2.45, 2.75) is 32.6 Å². The van der Waals surface area contributed by atoms with E-state index in [0.717, 1.165) is 42.8 Å². The Kier molecular flexibility index (Phi) is 6.52. The van der Waals surface area contributed by atoms with Gasteiger partial charge in [-0.2, -0.15) is 0 Å². The highest BCUT2D eigenvalue weighted by molar-refractivity contribution is 6.29. The highest BCUT2D eigenvalue weighted by Crippen LogP contribution is 2.34. The second-order valence-corrected chi connectivity index (χ2v) is 5.79. The lowest BCUT2D eigenvalue weighted by atomic mass is 9.78. The average Bonchev–Trinajstić information content (AvgIpc) is 2.42. The van der Waals surface area contributed by atoms with Crippen LogP contribution in [0.15, 0.2) is 46.6 Å². The molecule has 4 nitrogen and oxygen atoms in total. The van der Waals surface area contributed by atoms with Crippen LogP contribution in [-0.2, 0) is 0 Å². The molecular weight excluding hydrogens is 272 g/mol. The molecule has 0 radical (unpaired) electrons. The maximum absolute atomic E-state index is 6.13. The predicted molar refractivity (Wildman–Crippen MR) is 86.1 cm³/mol. The van der Waals surface area contributed by atoms with Crippen molar-refractivity contribution in [1.29, 1.82) is 0 Å². The predicted octanol–water partition coefficient (Wildman–Crippen LogP) is 2.38. The molecule has 0 spiro atoms. The first kappa shape index (κ1) is 16.5. The molecule has 1 aliphatic carbocycles. The van der Waals surface area contributed by atoms with E-state index in [0.29, 0.717) is 11.8 Å². The molecule has 1 saturated carbocycles. The smallest absolute Gasteiger partial charge is 0.0992 e. The van der Waals surface area contributed by atoms with Crippen LogP contribution in [0.25, 0.3) is 0 Å². The molecule has 0 aromatic heterocycles. The van der Waals surface area contributed by atoms with Crippen molar-refractivity contribution in [3.05, 3.63) is 46.6 Å². The van der Waals surface area contributed by atoms with E-state index in [-0.39, 0.29) is 5.16 Å². The van der Waals surface area contributed by atoms with E-state index in [2.05, 4.69) is 0 Å². The van der Waals surface area contributed by atoms with Gasteiger partial charge in [0.1, 0.15) is 0 Å². The summed E-state index contributed by atoms with van der Waals surface area (Å²) in [4.78, 5) is 0. The van der Waals surface area contributed by atoms with Gasteiger partial charge in [0.05, 0.1) is 5.16 Å². The lowest BCUT2D eigenvalue weighted by Crippen LogP contribution is -2.24. The minimum atomic E-state index is 0.239. The van der Waals surface area contributed by atoms with E-state index in [9.17, 15) is 0 Å². The summed E-state index contributed by atoms with van der Waals surface area (Å²) < 4.78 is 0. The van der Waals surface area contributed by atoms with Crippen LogP contribution in [-0.4, -0.2) is 0 Å². The first-order valence-corrected chi connectivity index (χ1v) is 7.25. The van der Waals surface area contributed by atoms with E-state index in [1.54, 1.807) is 12.2 Å². The van der Waals surface area contributed by atoms with Crippen LogP contribution in [0.5, 0.6) is 0 Å². The minimum absolute atomic E-state index is 0.239. The number of nitrogens with two attached hydrogens (primary N) is 4. The zero-order valence-electron chi connectivity index (χ0n) is 12.0. The zero-order chi connectivity index (χ0) is 15.1. The Morgan fingerprint density at radius 2 is 1.40 bits per heavy atom. The van der Waals surface area contributed by atoms with Gasteiger partial charge >= 0.3 is 0 Å². The summed E-state index contributed by atoms with van der Waals surface area (Å²) >= 11 is 5.60. The fourth-order valence-electron chi connectivity index (χ4n) is 2.47. The summed E-state index contributed by atoms with van der Waals surface area (Å²) in [5, 5.41) is 0.239. The second kappa shape index (κ2) is 7.90. The molecule has 8 N–H and O–H groups in total. The Labute approximate surface area is 126 Å².